The molecule has 1 heterocycles. The largest absolute Gasteiger partial charge is 0.395 e. The number of aliphatic hydroxyl groups is 1. The van der Waals surface area contributed by atoms with Gasteiger partial charge in [-0.25, -0.2) is 8.42 Å². The SMILES string of the molecule is O=S(=O)(c1ccccc1)C1(CO)COC1. The molecule has 0 spiro atoms. The zero-order chi connectivity index (χ0) is 10.9. The Hall–Kier alpha value is -0.910. The summed E-state index contributed by atoms with van der Waals surface area (Å²) in [5, 5.41) is 9.17. The van der Waals surface area contributed by atoms with Gasteiger partial charge >= 0.3 is 0 Å². The van der Waals surface area contributed by atoms with Crippen LogP contribution in [0.2, 0.25) is 0 Å². The molecule has 0 aliphatic carbocycles. The lowest BCUT2D eigenvalue weighted by atomic mass is 10.1. The van der Waals surface area contributed by atoms with E-state index >= 15 is 0 Å². The molecule has 0 atom stereocenters. The maximum absolute atomic E-state index is 12.1. The standard InChI is InChI=1S/C10H12O4S/c11-6-10(7-14-8-10)15(12,13)9-4-2-1-3-5-9/h1-5,11H,6-8H2. The highest BCUT2D eigenvalue weighted by atomic mass is 32.2. The minimum absolute atomic E-state index is 0.0702. The van der Waals surface area contributed by atoms with Crippen molar-refractivity contribution in [2.24, 2.45) is 0 Å². The molecule has 15 heavy (non-hydrogen) atoms. The lowest BCUT2D eigenvalue weighted by Crippen LogP contribution is -2.58. The van der Waals surface area contributed by atoms with Crippen LogP contribution in [0.25, 0.3) is 0 Å². The van der Waals surface area contributed by atoms with Crippen molar-refractivity contribution in [3.63, 3.8) is 0 Å². The van der Waals surface area contributed by atoms with Gasteiger partial charge in [-0.05, 0) is 12.1 Å². The quantitative estimate of drug-likeness (QED) is 0.804. The van der Waals surface area contributed by atoms with Gasteiger partial charge in [-0.3, -0.25) is 0 Å². The smallest absolute Gasteiger partial charge is 0.190 e. The van der Waals surface area contributed by atoms with Crippen LogP contribution in [0.3, 0.4) is 0 Å². The van der Waals surface area contributed by atoms with E-state index in [1.807, 2.05) is 0 Å². The maximum atomic E-state index is 12.1. The van der Waals surface area contributed by atoms with Crippen LogP contribution in [-0.2, 0) is 14.6 Å². The second-order valence-electron chi connectivity index (χ2n) is 3.65. The molecule has 0 unspecified atom stereocenters. The summed E-state index contributed by atoms with van der Waals surface area (Å²) in [6, 6.07) is 8.15. The van der Waals surface area contributed by atoms with Crippen LogP contribution in [0.1, 0.15) is 0 Å². The van der Waals surface area contributed by atoms with E-state index in [1.54, 1.807) is 18.2 Å². The molecule has 1 saturated heterocycles. The van der Waals surface area contributed by atoms with Gasteiger partial charge in [-0.1, -0.05) is 18.2 Å². The molecule has 4 nitrogen and oxygen atoms in total. The zero-order valence-corrected chi connectivity index (χ0v) is 8.90. The lowest BCUT2D eigenvalue weighted by molar-refractivity contribution is -0.0367. The van der Waals surface area contributed by atoms with E-state index in [-0.39, 0.29) is 18.1 Å². The molecule has 1 fully saturated rings. The van der Waals surface area contributed by atoms with E-state index in [0.717, 1.165) is 0 Å². The van der Waals surface area contributed by atoms with Crippen LogP contribution in [0.5, 0.6) is 0 Å². The summed E-state index contributed by atoms with van der Waals surface area (Å²) >= 11 is 0. The van der Waals surface area contributed by atoms with Crippen LogP contribution in [0.4, 0.5) is 0 Å². The molecule has 0 radical (unpaired) electrons. The molecule has 1 aliphatic rings. The fourth-order valence-electron chi connectivity index (χ4n) is 1.51. The van der Waals surface area contributed by atoms with Gasteiger partial charge in [0.2, 0.25) is 0 Å². The molecule has 1 aromatic carbocycles. The Morgan fingerprint density at radius 3 is 2.27 bits per heavy atom. The van der Waals surface area contributed by atoms with Crippen molar-refractivity contribution in [3.05, 3.63) is 30.3 Å². The number of benzene rings is 1. The van der Waals surface area contributed by atoms with Gasteiger partial charge in [-0.2, -0.15) is 0 Å². The van der Waals surface area contributed by atoms with E-state index in [1.165, 1.54) is 12.1 Å². The van der Waals surface area contributed by atoms with Crippen molar-refractivity contribution in [3.8, 4) is 0 Å². The number of ether oxygens (including phenoxy) is 1. The Labute approximate surface area is 88.4 Å². The van der Waals surface area contributed by atoms with Gasteiger partial charge in [-0.15, -0.1) is 0 Å². The normalized spacial score (nSPS) is 19.5. The second kappa shape index (κ2) is 3.59. The van der Waals surface area contributed by atoms with Crippen molar-refractivity contribution in [1.29, 1.82) is 0 Å². The third-order valence-corrected chi connectivity index (χ3v) is 5.04. The Kier molecular flexibility index (Phi) is 2.54. The minimum atomic E-state index is -3.49. The van der Waals surface area contributed by atoms with Crippen LogP contribution < -0.4 is 0 Å². The van der Waals surface area contributed by atoms with E-state index in [2.05, 4.69) is 0 Å². The Morgan fingerprint density at radius 2 is 1.87 bits per heavy atom. The topological polar surface area (TPSA) is 63.6 Å². The van der Waals surface area contributed by atoms with Crippen molar-refractivity contribution < 1.29 is 18.3 Å². The predicted molar refractivity (Wildman–Crippen MR) is 54.3 cm³/mol. The van der Waals surface area contributed by atoms with E-state index < -0.39 is 21.2 Å². The predicted octanol–water partition coefficient (Wildman–Crippen LogP) is 0.222. The number of sulfone groups is 1. The summed E-state index contributed by atoms with van der Waals surface area (Å²) in [6.07, 6.45) is 0. The van der Waals surface area contributed by atoms with Gasteiger partial charge in [0.1, 0.15) is 4.75 Å². The first-order valence-electron chi connectivity index (χ1n) is 4.61. The summed E-state index contributed by atoms with van der Waals surface area (Å²) in [7, 11) is -3.49. The molecule has 0 aromatic heterocycles. The monoisotopic (exact) mass is 228 g/mol. The van der Waals surface area contributed by atoms with Crippen molar-refractivity contribution >= 4 is 9.84 Å². The van der Waals surface area contributed by atoms with E-state index in [0.29, 0.717) is 0 Å². The first-order valence-corrected chi connectivity index (χ1v) is 6.09. The molecule has 1 aliphatic heterocycles. The fraction of sp³-hybridized carbons (Fsp3) is 0.400. The van der Waals surface area contributed by atoms with Crippen LogP contribution in [-0.4, -0.2) is 38.1 Å². The molecule has 2 rings (SSSR count). The molecular weight excluding hydrogens is 216 g/mol. The first-order chi connectivity index (χ1) is 7.12. The van der Waals surface area contributed by atoms with Gasteiger partial charge < -0.3 is 9.84 Å². The van der Waals surface area contributed by atoms with Gasteiger partial charge in [0.15, 0.2) is 9.84 Å². The molecular formula is C10H12O4S. The number of aliphatic hydroxyl groups excluding tert-OH is 1. The Morgan fingerprint density at radius 1 is 1.27 bits per heavy atom. The summed E-state index contributed by atoms with van der Waals surface area (Å²) in [5.74, 6) is 0. The maximum Gasteiger partial charge on any atom is 0.190 e. The number of rotatable bonds is 3. The highest BCUT2D eigenvalue weighted by Crippen LogP contribution is 2.31. The number of hydrogen-bond acceptors (Lipinski definition) is 4. The van der Waals surface area contributed by atoms with Crippen LogP contribution >= 0.6 is 0 Å². The second-order valence-corrected chi connectivity index (χ2v) is 5.99. The van der Waals surface area contributed by atoms with Crippen molar-refractivity contribution in [1.82, 2.24) is 0 Å². The summed E-state index contributed by atoms with van der Waals surface area (Å²) < 4.78 is 28.0. The average molecular weight is 228 g/mol. The summed E-state index contributed by atoms with van der Waals surface area (Å²) in [6.45, 7) is -0.258. The highest BCUT2D eigenvalue weighted by molar-refractivity contribution is 7.93. The Bertz CT molecular complexity index is 428. The minimum Gasteiger partial charge on any atom is -0.395 e. The molecule has 0 bridgehead atoms. The third kappa shape index (κ3) is 1.47. The first kappa shape index (κ1) is 10.6. The van der Waals surface area contributed by atoms with E-state index in [4.69, 9.17) is 4.74 Å². The molecule has 1 aromatic rings. The molecule has 1 N–H and O–H groups in total. The lowest BCUT2D eigenvalue weighted by Gasteiger charge is -2.38. The van der Waals surface area contributed by atoms with Crippen LogP contribution in [0, 0.1) is 0 Å². The average Bonchev–Trinajstić information content (AvgIpc) is 2.18. The van der Waals surface area contributed by atoms with Gasteiger partial charge in [0, 0.05) is 0 Å². The fourth-order valence-corrected chi connectivity index (χ4v) is 3.17. The Balaban J connectivity index is 2.44. The molecule has 0 saturated carbocycles. The molecule has 5 heteroatoms. The van der Waals surface area contributed by atoms with Crippen molar-refractivity contribution in [2.75, 3.05) is 19.8 Å². The van der Waals surface area contributed by atoms with Crippen LogP contribution in [0.15, 0.2) is 35.2 Å². The van der Waals surface area contributed by atoms with Gasteiger partial charge in [0.05, 0.1) is 24.7 Å². The van der Waals surface area contributed by atoms with Crippen molar-refractivity contribution in [2.45, 2.75) is 9.64 Å². The summed E-state index contributed by atoms with van der Waals surface area (Å²) in [4.78, 5) is 0.238. The van der Waals surface area contributed by atoms with E-state index in [9.17, 15) is 13.5 Å². The zero-order valence-electron chi connectivity index (χ0n) is 8.09. The highest BCUT2D eigenvalue weighted by Gasteiger charge is 2.50. The van der Waals surface area contributed by atoms with Gasteiger partial charge in [0.25, 0.3) is 0 Å². The number of hydrogen-bond donors (Lipinski definition) is 1. The third-order valence-electron chi connectivity index (χ3n) is 2.64. The molecule has 82 valence electrons. The summed E-state index contributed by atoms with van der Waals surface area (Å²) in [5.41, 5.74) is 0. The molecule has 0 amide bonds.